The molecule has 4 atom stereocenters. The SMILES string of the molecule is CCC(C)C(NC(=O)C1CCCC1CNC(=O)OCC1c2ccccc2-c2ccccc21)C(=O)O. The first-order valence-electron chi connectivity index (χ1n) is 12.5. The van der Waals surface area contributed by atoms with Crippen molar-refractivity contribution in [3.05, 3.63) is 59.7 Å². The summed E-state index contributed by atoms with van der Waals surface area (Å²) in [6, 6.07) is 15.5. The van der Waals surface area contributed by atoms with Crippen LogP contribution in [0, 0.1) is 17.8 Å². The van der Waals surface area contributed by atoms with Crippen molar-refractivity contribution in [2.75, 3.05) is 13.2 Å². The zero-order valence-corrected chi connectivity index (χ0v) is 20.3. The highest BCUT2D eigenvalue weighted by Crippen LogP contribution is 2.44. The average Bonchev–Trinajstić information content (AvgIpc) is 3.47. The van der Waals surface area contributed by atoms with E-state index in [4.69, 9.17) is 4.74 Å². The van der Waals surface area contributed by atoms with Gasteiger partial charge in [0.25, 0.3) is 0 Å². The number of fused-ring (bicyclic) bond motifs is 3. The molecular formula is C28H34N2O5. The summed E-state index contributed by atoms with van der Waals surface area (Å²) in [6.07, 6.45) is 2.53. The van der Waals surface area contributed by atoms with E-state index in [1.807, 2.05) is 38.1 Å². The minimum Gasteiger partial charge on any atom is -0.480 e. The lowest BCUT2D eigenvalue weighted by Crippen LogP contribution is -2.48. The van der Waals surface area contributed by atoms with Crippen LogP contribution in [0.25, 0.3) is 11.1 Å². The van der Waals surface area contributed by atoms with Crippen molar-refractivity contribution >= 4 is 18.0 Å². The van der Waals surface area contributed by atoms with Gasteiger partial charge in [-0.3, -0.25) is 4.79 Å². The molecule has 2 aliphatic rings. The minimum atomic E-state index is -1.01. The Labute approximate surface area is 206 Å². The molecule has 7 heteroatoms. The predicted molar refractivity (Wildman–Crippen MR) is 133 cm³/mol. The lowest BCUT2D eigenvalue weighted by atomic mass is 9.93. The molecule has 2 aromatic carbocycles. The second-order valence-corrected chi connectivity index (χ2v) is 9.71. The van der Waals surface area contributed by atoms with Crippen LogP contribution in [-0.2, 0) is 14.3 Å². The number of hydrogen-bond acceptors (Lipinski definition) is 4. The first-order chi connectivity index (χ1) is 16.9. The Morgan fingerprint density at radius 1 is 1.03 bits per heavy atom. The van der Waals surface area contributed by atoms with Crippen molar-refractivity contribution in [2.24, 2.45) is 17.8 Å². The van der Waals surface area contributed by atoms with E-state index in [0.29, 0.717) is 19.4 Å². The number of rotatable bonds is 9. The van der Waals surface area contributed by atoms with Gasteiger partial charge < -0.3 is 20.5 Å². The van der Waals surface area contributed by atoms with Crippen molar-refractivity contribution in [3.8, 4) is 11.1 Å². The Kier molecular flexibility index (Phi) is 7.73. The van der Waals surface area contributed by atoms with E-state index in [1.54, 1.807) is 0 Å². The number of ether oxygens (including phenoxy) is 1. The maximum absolute atomic E-state index is 12.9. The molecule has 2 amide bonds. The summed E-state index contributed by atoms with van der Waals surface area (Å²) >= 11 is 0. The highest BCUT2D eigenvalue weighted by atomic mass is 16.5. The maximum Gasteiger partial charge on any atom is 0.407 e. The van der Waals surface area contributed by atoms with E-state index < -0.39 is 18.1 Å². The highest BCUT2D eigenvalue weighted by molar-refractivity contribution is 5.85. The number of aliphatic carboxylic acids is 1. The predicted octanol–water partition coefficient (Wildman–Crippen LogP) is 4.56. The Morgan fingerprint density at radius 2 is 1.66 bits per heavy atom. The first kappa shape index (κ1) is 24.8. The van der Waals surface area contributed by atoms with Gasteiger partial charge in [0.2, 0.25) is 5.91 Å². The number of benzene rings is 2. The molecule has 4 rings (SSSR count). The summed E-state index contributed by atoms with van der Waals surface area (Å²) in [5, 5.41) is 15.1. The Morgan fingerprint density at radius 3 is 2.26 bits per heavy atom. The fraction of sp³-hybridized carbons (Fsp3) is 0.464. The smallest absolute Gasteiger partial charge is 0.407 e. The zero-order chi connectivity index (χ0) is 24.9. The maximum atomic E-state index is 12.9. The van der Waals surface area contributed by atoms with Crippen LogP contribution in [0.2, 0.25) is 0 Å². The molecule has 0 heterocycles. The first-order valence-corrected chi connectivity index (χ1v) is 12.5. The van der Waals surface area contributed by atoms with Crippen LogP contribution < -0.4 is 10.6 Å². The van der Waals surface area contributed by atoms with Gasteiger partial charge in [-0.2, -0.15) is 0 Å². The topological polar surface area (TPSA) is 105 Å². The van der Waals surface area contributed by atoms with Crippen molar-refractivity contribution in [3.63, 3.8) is 0 Å². The van der Waals surface area contributed by atoms with Crippen molar-refractivity contribution in [2.45, 2.75) is 51.5 Å². The molecule has 2 aromatic rings. The molecule has 3 N–H and O–H groups in total. The Balaban J connectivity index is 1.31. The van der Waals surface area contributed by atoms with E-state index in [1.165, 1.54) is 11.1 Å². The molecule has 0 aliphatic heterocycles. The lowest BCUT2D eigenvalue weighted by molar-refractivity contribution is -0.144. The van der Waals surface area contributed by atoms with Gasteiger partial charge in [-0.1, -0.05) is 75.2 Å². The van der Waals surface area contributed by atoms with Gasteiger partial charge in [0.1, 0.15) is 12.6 Å². The molecule has 0 aromatic heterocycles. The molecular weight excluding hydrogens is 444 g/mol. The van der Waals surface area contributed by atoms with E-state index in [9.17, 15) is 19.5 Å². The van der Waals surface area contributed by atoms with Gasteiger partial charge in [0.15, 0.2) is 0 Å². The molecule has 0 radical (unpaired) electrons. The molecule has 4 unspecified atom stereocenters. The molecule has 1 saturated carbocycles. The number of carboxylic acids is 1. The number of alkyl carbamates (subject to hydrolysis) is 1. The van der Waals surface area contributed by atoms with Gasteiger partial charge in [0, 0.05) is 18.4 Å². The van der Waals surface area contributed by atoms with Crippen LogP contribution in [-0.4, -0.2) is 42.3 Å². The summed E-state index contributed by atoms with van der Waals surface area (Å²) in [5.41, 5.74) is 4.66. The molecule has 186 valence electrons. The van der Waals surface area contributed by atoms with Crippen LogP contribution >= 0.6 is 0 Å². The normalized spacial score (nSPS) is 20.4. The fourth-order valence-electron chi connectivity index (χ4n) is 5.43. The Hall–Kier alpha value is -3.35. The lowest BCUT2D eigenvalue weighted by Gasteiger charge is -2.25. The van der Waals surface area contributed by atoms with E-state index >= 15 is 0 Å². The summed E-state index contributed by atoms with van der Waals surface area (Å²) in [5.74, 6) is -1.77. The molecule has 7 nitrogen and oxygen atoms in total. The number of amides is 2. The highest BCUT2D eigenvalue weighted by Gasteiger charge is 2.36. The number of nitrogens with one attached hydrogen (secondary N) is 2. The molecule has 0 bridgehead atoms. The van der Waals surface area contributed by atoms with E-state index in [0.717, 1.165) is 24.0 Å². The van der Waals surface area contributed by atoms with Gasteiger partial charge in [-0.05, 0) is 46.9 Å². The van der Waals surface area contributed by atoms with Crippen LogP contribution in [0.15, 0.2) is 48.5 Å². The molecule has 1 fully saturated rings. The summed E-state index contributed by atoms with van der Waals surface area (Å²) in [6.45, 7) is 4.30. The number of carbonyl (C=O) groups is 3. The third-order valence-electron chi connectivity index (χ3n) is 7.62. The van der Waals surface area contributed by atoms with Crippen LogP contribution in [0.3, 0.4) is 0 Å². The summed E-state index contributed by atoms with van der Waals surface area (Å²) in [4.78, 5) is 37.0. The van der Waals surface area contributed by atoms with Crippen molar-refractivity contribution in [1.82, 2.24) is 10.6 Å². The van der Waals surface area contributed by atoms with Crippen LogP contribution in [0.5, 0.6) is 0 Å². The van der Waals surface area contributed by atoms with Gasteiger partial charge >= 0.3 is 12.1 Å². The fourth-order valence-corrected chi connectivity index (χ4v) is 5.43. The third kappa shape index (κ3) is 5.34. The van der Waals surface area contributed by atoms with Gasteiger partial charge in [0.05, 0.1) is 0 Å². The van der Waals surface area contributed by atoms with Gasteiger partial charge in [-0.25, -0.2) is 9.59 Å². The number of carboxylic acid groups (broad SMARTS) is 1. The summed E-state index contributed by atoms with van der Waals surface area (Å²) < 4.78 is 5.61. The standard InChI is InChI=1S/C28H34N2O5/c1-3-17(2)25(27(32)33)30-26(31)19-14-8-9-18(19)15-29-28(34)35-16-24-22-12-6-4-10-20(22)21-11-5-7-13-23(21)24/h4-7,10-13,17-19,24-25H,3,8-9,14-16H2,1-2H3,(H,29,34)(H,30,31)(H,32,33). The average molecular weight is 479 g/mol. The van der Waals surface area contributed by atoms with Gasteiger partial charge in [-0.15, -0.1) is 0 Å². The Bertz CT molecular complexity index is 1040. The third-order valence-corrected chi connectivity index (χ3v) is 7.62. The largest absolute Gasteiger partial charge is 0.480 e. The monoisotopic (exact) mass is 478 g/mol. The van der Waals surface area contributed by atoms with E-state index in [2.05, 4.69) is 34.9 Å². The molecule has 0 saturated heterocycles. The van der Waals surface area contributed by atoms with E-state index in [-0.39, 0.29) is 36.2 Å². The minimum absolute atomic E-state index is 0.00772. The van der Waals surface area contributed by atoms with Crippen LogP contribution in [0.1, 0.15) is 56.6 Å². The zero-order valence-electron chi connectivity index (χ0n) is 20.3. The summed E-state index contributed by atoms with van der Waals surface area (Å²) in [7, 11) is 0. The van der Waals surface area contributed by atoms with Crippen molar-refractivity contribution < 1.29 is 24.2 Å². The van der Waals surface area contributed by atoms with Crippen molar-refractivity contribution in [1.29, 1.82) is 0 Å². The second-order valence-electron chi connectivity index (χ2n) is 9.71. The quantitative estimate of drug-likeness (QED) is 0.490. The molecule has 0 spiro atoms. The second kappa shape index (κ2) is 10.9. The van der Waals surface area contributed by atoms with Crippen LogP contribution in [0.4, 0.5) is 4.79 Å². The molecule has 35 heavy (non-hydrogen) atoms. The molecule has 2 aliphatic carbocycles. The number of hydrogen-bond donors (Lipinski definition) is 3. The number of carbonyl (C=O) groups excluding carboxylic acids is 2.